The molecular weight excluding hydrogens is 438 g/mol. The van der Waals surface area contributed by atoms with Crippen molar-refractivity contribution in [2.75, 3.05) is 5.32 Å². The summed E-state index contributed by atoms with van der Waals surface area (Å²) in [5, 5.41) is 5.99. The van der Waals surface area contributed by atoms with E-state index in [0.717, 1.165) is 15.8 Å². The number of hydrogen-bond acceptors (Lipinski definition) is 6. The predicted octanol–water partition coefficient (Wildman–Crippen LogP) is 4.89. The SMILES string of the molecule is CCC1(c2ccc(NC(=O)c3ccc(-c4nc5ccccc5s4)o3)cc2)CCC(=O)NC1=O. The maximum absolute atomic E-state index is 12.7. The molecule has 1 saturated heterocycles. The molecule has 7 nitrogen and oxygen atoms in total. The fourth-order valence-electron chi connectivity index (χ4n) is 4.18. The number of nitrogens with one attached hydrogen (secondary N) is 2. The number of hydrogen-bond donors (Lipinski definition) is 2. The van der Waals surface area contributed by atoms with E-state index in [9.17, 15) is 14.4 Å². The third kappa shape index (κ3) is 3.82. The molecule has 166 valence electrons. The Bertz CT molecular complexity index is 1340. The molecular formula is C25H21N3O4S. The number of carbonyl (C=O) groups is 3. The lowest BCUT2D eigenvalue weighted by atomic mass is 9.72. The number of piperidine rings is 1. The molecule has 0 saturated carbocycles. The lowest BCUT2D eigenvalue weighted by Crippen LogP contribution is -2.51. The summed E-state index contributed by atoms with van der Waals surface area (Å²) in [7, 11) is 0. The van der Waals surface area contributed by atoms with Crippen LogP contribution in [0.2, 0.25) is 0 Å². The van der Waals surface area contributed by atoms with Crippen LogP contribution in [0, 0.1) is 0 Å². The number of thiazole rings is 1. The second-order valence-electron chi connectivity index (χ2n) is 8.00. The van der Waals surface area contributed by atoms with Gasteiger partial charge in [-0.05, 0) is 54.8 Å². The molecule has 3 amide bonds. The zero-order valence-corrected chi connectivity index (χ0v) is 18.7. The van der Waals surface area contributed by atoms with E-state index < -0.39 is 5.41 Å². The third-order valence-corrected chi connectivity index (χ3v) is 7.15. The van der Waals surface area contributed by atoms with Crippen LogP contribution >= 0.6 is 11.3 Å². The monoisotopic (exact) mass is 459 g/mol. The van der Waals surface area contributed by atoms with Crippen molar-refractivity contribution in [3.63, 3.8) is 0 Å². The molecule has 0 spiro atoms. The molecule has 1 fully saturated rings. The van der Waals surface area contributed by atoms with Crippen LogP contribution in [0.3, 0.4) is 0 Å². The van der Waals surface area contributed by atoms with Crippen LogP contribution in [-0.2, 0) is 15.0 Å². The number of para-hydroxylation sites is 1. The predicted molar refractivity (Wildman–Crippen MR) is 126 cm³/mol. The van der Waals surface area contributed by atoms with Crippen LogP contribution in [-0.4, -0.2) is 22.7 Å². The van der Waals surface area contributed by atoms with Crippen LogP contribution in [0.25, 0.3) is 21.0 Å². The minimum absolute atomic E-state index is 0.184. The van der Waals surface area contributed by atoms with Gasteiger partial charge in [0.05, 0.1) is 15.6 Å². The molecule has 2 aromatic carbocycles. The molecule has 1 atom stereocenters. The summed E-state index contributed by atoms with van der Waals surface area (Å²) < 4.78 is 6.81. The summed E-state index contributed by atoms with van der Waals surface area (Å²) in [6.45, 7) is 1.94. The molecule has 1 unspecified atom stereocenters. The summed E-state index contributed by atoms with van der Waals surface area (Å²) in [5.41, 5.74) is 1.56. The van der Waals surface area contributed by atoms with Crippen LogP contribution in [0.15, 0.2) is 65.1 Å². The average Bonchev–Trinajstić information content (AvgIpc) is 3.48. The maximum atomic E-state index is 12.7. The van der Waals surface area contributed by atoms with E-state index in [2.05, 4.69) is 15.6 Å². The lowest BCUT2D eigenvalue weighted by Gasteiger charge is -2.35. The number of anilines is 1. The van der Waals surface area contributed by atoms with Crippen LogP contribution in [0.5, 0.6) is 0 Å². The van der Waals surface area contributed by atoms with Crippen molar-refractivity contribution in [3.8, 4) is 10.8 Å². The molecule has 8 heteroatoms. The summed E-state index contributed by atoms with van der Waals surface area (Å²) in [6.07, 6.45) is 1.37. The number of rotatable bonds is 5. The fraction of sp³-hybridized carbons (Fsp3) is 0.200. The highest BCUT2D eigenvalue weighted by atomic mass is 32.1. The first-order valence-electron chi connectivity index (χ1n) is 10.7. The van der Waals surface area contributed by atoms with Gasteiger partial charge in [-0.3, -0.25) is 19.7 Å². The number of furan rings is 1. The highest BCUT2D eigenvalue weighted by Crippen LogP contribution is 2.36. The molecule has 3 heterocycles. The maximum Gasteiger partial charge on any atom is 0.291 e. The van der Waals surface area contributed by atoms with Gasteiger partial charge in [0.1, 0.15) is 0 Å². The zero-order chi connectivity index (χ0) is 23.0. The minimum atomic E-state index is -0.733. The molecule has 0 bridgehead atoms. The number of benzene rings is 2. The van der Waals surface area contributed by atoms with E-state index in [1.54, 1.807) is 24.3 Å². The van der Waals surface area contributed by atoms with Gasteiger partial charge in [0, 0.05) is 12.1 Å². The van der Waals surface area contributed by atoms with Gasteiger partial charge in [-0.25, -0.2) is 4.98 Å². The number of amides is 3. The van der Waals surface area contributed by atoms with Crippen molar-refractivity contribution < 1.29 is 18.8 Å². The lowest BCUT2D eigenvalue weighted by molar-refractivity contribution is -0.138. The smallest absolute Gasteiger partial charge is 0.291 e. The van der Waals surface area contributed by atoms with E-state index in [0.29, 0.717) is 35.7 Å². The second kappa shape index (κ2) is 8.29. The molecule has 1 aliphatic heterocycles. The van der Waals surface area contributed by atoms with Crippen LogP contribution < -0.4 is 10.6 Å². The van der Waals surface area contributed by atoms with Gasteiger partial charge in [0.15, 0.2) is 16.5 Å². The Kier molecular flexibility index (Phi) is 5.30. The van der Waals surface area contributed by atoms with Crippen molar-refractivity contribution in [3.05, 3.63) is 72.0 Å². The second-order valence-corrected chi connectivity index (χ2v) is 9.03. The molecule has 2 N–H and O–H groups in total. The van der Waals surface area contributed by atoms with Crippen molar-refractivity contribution in [2.24, 2.45) is 0 Å². The average molecular weight is 460 g/mol. The third-order valence-electron chi connectivity index (χ3n) is 6.10. The Morgan fingerprint density at radius 2 is 1.91 bits per heavy atom. The molecule has 4 aromatic rings. The first-order chi connectivity index (χ1) is 16.0. The Morgan fingerprint density at radius 3 is 2.64 bits per heavy atom. The van der Waals surface area contributed by atoms with Crippen molar-refractivity contribution >= 4 is 45.0 Å². The molecule has 1 aliphatic rings. The zero-order valence-electron chi connectivity index (χ0n) is 17.9. The Morgan fingerprint density at radius 1 is 1.12 bits per heavy atom. The van der Waals surface area contributed by atoms with Gasteiger partial charge in [0.2, 0.25) is 11.8 Å². The Balaban J connectivity index is 1.31. The summed E-state index contributed by atoms with van der Waals surface area (Å²) >= 11 is 1.51. The number of carbonyl (C=O) groups excluding carboxylic acids is 3. The standard InChI is InChI=1S/C25H21N3O4S/c1-2-25(14-13-21(29)28-24(25)31)15-7-9-16(10-8-15)26-22(30)18-11-12-19(32-18)23-27-17-5-3-4-6-20(17)33-23/h3-12H,2,13-14H2,1H3,(H,26,30)(H,28,29,31). The van der Waals surface area contributed by atoms with E-state index in [-0.39, 0.29) is 23.5 Å². The van der Waals surface area contributed by atoms with Crippen LogP contribution in [0.4, 0.5) is 5.69 Å². The fourth-order valence-corrected chi connectivity index (χ4v) is 5.11. The number of aromatic nitrogens is 1. The molecule has 2 aromatic heterocycles. The largest absolute Gasteiger partial charge is 0.448 e. The number of nitrogens with zero attached hydrogens (tertiary/aromatic N) is 1. The molecule has 0 radical (unpaired) electrons. The first-order valence-corrected chi connectivity index (χ1v) is 11.5. The van der Waals surface area contributed by atoms with E-state index in [1.165, 1.54) is 11.3 Å². The molecule has 5 rings (SSSR count). The van der Waals surface area contributed by atoms with E-state index in [1.807, 2.05) is 43.3 Å². The van der Waals surface area contributed by atoms with Crippen molar-refractivity contribution in [2.45, 2.75) is 31.6 Å². The van der Waals surface area contributed by atoms with Crippen molar-refractivity contribution in [1.29, 1.82) is 0 Å². The topological polar surface area (TPSA) is 101 Å². The van der Waals surface area contributed by atoms with Gasteiger partial charge in [-0.1, -0.05) is 31.2 Å². The van der Waals surface area contributed by atoms with Gasteiger partial charge >= 0.3 is 0 Å². The van der Waals surface area contributed by atoms with Gasteiger partial charge in [-0.2, -0.15) is 0 Å². The minimum Gasteiger partial charge on any atom is -0.448 e. The van der Waals surface area contributed by atoms with Crippen molar-refractivity contribution in [1.82, 2.24) is 10.3 Å². The Hall–Kier alpha value is -3.78. The normalized spacial score (nSPS) is 18.3. The quantitative estimate of drug-likeness (QED) is 0.414. The summed E-state index contributed by atoms with van der Waals surface area (Å²) in [4.78, 5) is 41.4. The highest BCUT2D eigenvalue weighted by Gasteiger charge is 2.42. The van der Waals surface area contributed by atoms with Gasteiger partial charge in [0.25, 0.3) is 5.91 Å². The first kappa shape index (κ1) is 21.1. The van der Waals surface area contributed by atoms with Crippen LogP contribution in [0.1, 0.15) is 42.3 Å². The van der Waals surface area contributed by atoms with Gasteiger partial charge < -0.3 is 9.73 Å². The molecule has 33 heavy (non-hydrogen) atoms. The van der Waals surface area contributed by atoms with Gasteiger partial charge in [-0.15, -0.1) is 11.3 Å². The van der Waals surface area contributed by atoms with E-state index in [4.69, 9.17) is 4.42 Å². The van der Waals surface area contributed by atoms with E-state index >= 15 is 0 Å². The number of fused-ring (bicyclic) bond motifs is 1. The summed E-state index contributed by atoms with van der Waals surface area (Å²) in [6, 6.07) is 18.3. The summed E-state index contributed by atoms with van der Waals surface area (Å²) in [5.74, 6) is -0.156. The molecule has 0 aliphatic carbocycles. The Labute approximate surface area is 193 Å². The number of imide groups is 1. The highest BCUT2D eigenvalue weighted by molar-refractivity contribution is 7.21.